The first-order valence-electron chi connectivity index (χ1n) is 6.49. The van der Waals surface area contributed by atoms with E-state index in [0.29, 0.717) is 6.04 Å². The van der Waals surface area contributed by atoms with Crippen molar-refractivity contribution in [1.29, 1.82) is 5.26 Å². The second-order valence-corrected chi connectivity index (χ2v) is 5.65. The normalized spacial score (nSPS) is 12.3. The van der Waals surface area contributed by atoms with Crippen molar-refractivity contribution < 1.29 is 0 Å². The van der Waals surface area contributed by atoms with Gasteiger partial charge in [-0.1, -0.05) is 13.0 Å². The third-order valence-corrected chi connectivity index (χ3v) is 4.57. The Labute approximate surface area is 118 Å². The summed E-state index contributed by atoms with van der Waals surface area (Å²) in [6.07, 6.45) is 1.07. The van der Waals surface area contributed by atoms with Gasteiger partial charge in [0.15, 0.2) is 0 Å². The smallest absolute Gasteiger partial charge is 0.120 e. The van der Waals surface area contributed by atoms with E-state index >= 15 is 0 Å². The largest absolute Gasteiger partial charge is 0.340 e. The van der Waals surface area contributed by atoms with Gasteiger partial charge in [0.05, 0.1) is 0 Å². The van der Waals surface area contributed by atoms with E-state index in [1.54, 1.807) is 11.3 Å². The number of nitrogens with zero attached hydrogens (tertiary/aromatic N) is 2. The standard InChI is InChI=1S/C15H19N3S/c1-4-14(15-6-5-7-19-15)17-10-12-8-13(9-16)18(3)11(12)2/h5-8,14,17H,4,10H2,1-3H3. The first kappa shape index (κ1) is 13.9. The lowest BCUT2D eigenvalue weighted by atomic mass is 10.1. The Morgan fingerprint density at radius 2 is 2.32 bits per heavy atom. The van der Waals surface area contributed by atoms with E-state index in [2.05, 4.69) is 42.7 Å². The van der Waals surface area contributed by atoms with Crippen molar-refractivity contribution in [3.05, 3.63) is 45.4 Å². The fourth-order valence-corrected chi connectivity index (χ4v) is 3.10. The molecule has 0 bridgehead atoms. The van der Waals surface area contributed by atoms with Crippen LogP contribution < -0.4 is 5.32 Å². The molecule has 2 rings (SSSR count). The second kappa shape index (κ2) is 6.05. The summed E-state index contributed by atoms with van der Waals surface area (Å²) in [7, 11) is 1.94. The molecule has 0 saturated heterocycles. The number of aromatic nitrogens is 1. The summed E-state index contributed by atoms with van der Waals surface area (Å²) in [5.74, 6) is 0. The van der Waals surface area contributed by atoms with Gasteiger partial charge in [0.2, 0.25) is 0 Å². The van der Waals surface area contributed by atoms with Gasteiger partial charge in [-0.25, -0.2) is 0 Å². The van der Waals surface area contributed by atoms with E-state index in [9.17, 15) is 0 Å². The number of nitrogens with one attached hydrogen (secondary N) is 1. The number of thiophene rings is 1. The van der Waals surface area contributed by atoms with Crippen molar-refractivity contribution in [1.82, 2.24) is 9.88 Å². The molecule has 100 valence electrons. The Hall–Kier alpha value is -1.57. The van der Waals surface area contributed by atoms with Gasteiger partial charge in [0.25, 0.3) is 0 Å². The molecular weight excluding hydrogens is 254 g/mol. The zero-order valence-electron chi connectivity index (χ0n) is 11.6. The molecule has 1 unspecified atom stereocenters. The number of hydrogen-bond acceptors (Lipinski definition) is 3. The van der Waals surface area contributed by atoms with Crippen LogP contribution in [0.5, 0.6) is 0 Å². The highest BCUT2D eigenvalue weighted by Crippen LogP contribution is 2.23. The molecule has 2 heterocycles. The zero-order chi connectivity index (χ0) is 13.8. The summed E-state index contributed by atoms with van der Waals surface area (Å²) in [6, 6.07) is 8.85. The van der Waals surface area contributed by atoms with Crippen molar-refractivity contribution in [2.75, 3.05) is 0 Å². The highest BCUT2D eigenvalue weighted by atomic mass is 32.1. The van der Waals surface area contributed by atoms with Gasteiger partial charge in [0, 0.05) is 30.2 Å². The van der Waals surface area contributed by atoms with Crippen molar-refractivity contribution in [2.45, 2.75) is 32.9 Å². The molecule has 2 aromatic heterocycles. The van der Waals surface area contributed by atoms with Crippen LogP contribution in [-0.2, 0) is 13.6 Å². The maximum Gasteiger partial charge on any atom is 0.120 e. The van der Waals surface area contributed by atoms with Crippen LogP contribution in [0.4, 0.5) is 0 Å². The van der Waals surface area contributed by atoms with E-state index < -0.39 is 0 Å². The second-order valence-electron chi connectivity index (χ2n) is 4.67. The third-order valence-electron chi connectivity index (χ3n) is 3.59. The molecule has 2 aromatic rings. The molecule has 0 aromatic carbocycles. The first-order chi connectivity index (χ1) is 9.17. The predicted octanol–water partition coefficient (Wildman–Crippen LogP) is 3.51. The van der Waals surface area contributed by atoms with Crippen LogP contribution in [0.2, 0.25) is 0 Å². The summed E-state index contributed by atoms with van der Waals surface area (Å²) in [4.78, 5) is 1.37. The van der Waals surface area contributed by atoms with Crippen LogP contribution in [0.15, 0.2) is 23.6 Å². The van der Waals surface area contributed by atoms with Crippen molar-refractivity contribution in [3.63, 3.8) is 0 Å². The van der Waals surface area contributed by atoms with E-state index in [1.165, 1.54) is 10.4 Å². The summed E-state index contributed by atoms with van der Waals surface area (Å²) >= 11 is 1.79. The van der Waals surface area contributed by atoms with Crippen molar-refractivity contribution in [2.24, 2.45) is 7.05 Å². The highest BCUT2D eigenvalue weighted by Gasteiger charge is 2.12. The molecule has 0 saturated carbocycles. The molecular formula is C15H19N3S. The Morgan fingerprint density at radius 1 is 1.53 bits per heavy atom. The lowest BCUT2D eigenvalue weighted by molar-refractivity contribution is 0.525. The van der Waals surface area contributed by atoms with Crippen LogP contribution in [0.1, 0.15) is 41.2 Å². The molecule has 0 radical (unpaired) electrons. The maximum atomic E-state index is 9.04. The van der Waals surface area contributed by atoms with Gasteiger partial charge >= 0.3 is 0 Å². The predicted molar refractivity (Wildman–Crippen MR) is 79.1 cm³/mol. The van der Waals surface area contributed by atoms with E-state index in [1.807, 2.05) is 17.7 Å². The maximum absolute atomic E-state index is 9.04. The summed E-state index contributed by atoms with van der Waals surface area (Å²) in [6.45, 7) is 5.05. The Bertz CT molecular complexity index is 575. The van der Waals surface area contributed by atoms with Gasteiger partial charge in [-0.3, -0.25) is 0 Å². The lowest BCUT2D eigenvalue weighted by Gasteiger charge is -2.15. The molecule has 4 heteroatoms. The van der Waals surface area contributed by atoms with E-state index in [0.717, 1.165) is 24.4 Å². The fraction of sp³-hybridized carbons (Fsp3) is 0.400. The summed E-state index contributed by atoms with van der Waals surface area (Å²) in [5.41, 5.74) is 3.08. The zero-order valence-corrected chi connectivity index (χ0v) is 12.4. The van der Waals surface area contributed by atoms with Gasteiger partial charge in [-0.2, -0.15) is 5.26 Å². The van der Waals surface area contributed by atoms with Gasteiger partial charge in [-0.05, 0) is 36.4 Å². The monoisotopic (exact) mass is 273 g/mol. The molecule has 1 N–H and O–H groups in total. The van der Waals surface area contributed by atoms with Crippen LogP contribution in [0.3, 0.4) is 0 Å². The van der Waals surface area contributed by atoms with Crippen LogP contribution in [0.25, 0.3) is 0 Å². The molecule has 0 aliphatic heterocycles. The van der Waals surface area contributed by atoms with Crippen molar-refractivity contribution >= 4 is 11.3 Å². The molecule has 0 aliphatic rings. The van der Waals surface area contributed by atoms with Crippen LogP contribution >= 0.6 is 11.3 Å². The quantitative estimate of drug-likeness (QED) is 0.905. The Morgan fingerprint density at radius 3 is 2.84 bits per heavy atom. The van der Waals surface area contributed by atoms with Crippen LogP contribution in [-0.4, -0.2) is 4.57 Å². The lowest BCUT2D eigenvalue weighted by Crippen LogP contribution is -2.19. The molecule has 3 nitrogen and oxygen atoms in total. The number of nitriles is 1. The fourth-order valence-electron chi connectivity index (χ4n) is 2.22. The molecule has 0 aliphatic carbocycles. The number of rotatable bonds is 5. The third kappa shape index (κ3) is 2.89. The van der Waals surface area contributed by atoms with Gasteiger partial charge in [0.1, 0.15) is 11.8 Å². The highest BCUT2D eigenvalue weighted by molar-refractivity contribution is 7.10. The molecule has 0 fully saturated rings. The van der Waals surface area contributed by atoms with Crippen molar-refractivity contribution in [3.8, 4) is 6.07 Å². The minimum Gasteiger partial charge on any atom is -0.340 e. The Kier molecular flexibility index (Phi) is 4.41. The first-order valence-corrected chi connectivity index (χ1v) is 7.37. The van der Waals surface area contributed by atoms with E-state index in [-0.39, 0.29) is 0 Å². The SMILES string of the molecule is CCC(NCc1cc(C#N)n(C)c1C)c1cccs1. The van der Waals surface area contributed by atoms with Crippen LogP contribution in [0, 0.1) is 18.3 Å². The minimum absolute atomic E-state index is 0.394. The topological polar surface area (TPSA) is 40.8 Å². The van der Waals surface area contributed by atoms with E-state index in [4.69, 9.17) is 5.26 Å². The average Bonchev–Trinajstić information content (AvgIpc) is 3.03. The summed E-state index contributed by atoms with van der Waals surface area (Å²) < 4.78 is 1.95. The molecule has 0 amide bonds. The molecule has 0 spiro atoms. The molecule has 19 heavy (non-hydrogen) atoms. The molecule has 1 atom stereocenters. The van der Waals surface area contributed by atoms with Gasteiger partial charge in [-0.15, -0.1) is 11.3 Å². The summed E-state index contributed by atoms with van der Waals surface area (Å²) in [5, 5.41) is 14.7. The minimum atomic E-state index is 0.394. The van der Waals surface area contributed by atoms with Gasteiger partial charge < -0.3 is 9.88 Å². The average molecular weight is 273 g/mol. The number of hydrogen-bond donors (Lipinski definition) is 1. The Balaban J connectivity index is 2.08.